The van der Waals surface area contributed by atoms with Crippen LogP contribution in [0.1, 0.15) is 40.5 Å². The second-order valence-corrected chi connectivity index (χ2v) is 7.61. The highest BCUT2D eigenvalue weighted by Crippen LogP contribution is 2.41. The minimum atomic E-state index is -0.246. The molecule has 1 saturated carbocycles. The van der Waals surface area contributed by atoms with E-state index in [1.165, 1.54) is 0 Å². The fourth-order valence-electron chi connectivity index (χ4n) is 3.58. The van der Waals surface area contributed by atoms with Gasteiger partial charge in [0.05, 0.1) is 27.4 Å². The summed E-state index contributed by atoms with van der Waals surface area (Å²) in [6, 6.07) is 5.25. The van der Waals surface area contributed by atoms with Crippen molar-refractivity contribution >= 4 is 34.2 Å². The highest BCUT2D eigenvalue weighted by atomic mass is 35.5. The second-order valence-electron chi connectivity index (χ2n) is 7.21. The molecule has 28 heavy (non-hydrogen) atoms. The van der Waals surface area contributed by atoms with Crippen molar-refractivity contribution in [3.05, 3.63) is 40.2 Å². The van der Waals surface area contributed by atoms with E-state index in [-0.39, 0.29) is 5.91 Å². The summed E-state index contributed by atoms with van der Waals surface area (Å²) < 4.78 is 12.9. The van der Waals surface area contributed by atoms with Gasteiger partial charge < -0.3 is 14.8 Å². The number of fused-ring (bicyclic) bond motifs is 2. The van der Waals surface area contributed by atoms with E-state index in [0.717, 1.165) is 35.3 Å². The van der Waals surface area contributed by atoms with Gasteiger partial charge in [-0.25, -0.2) is 4.98 Å². The van der Waals surface area contributed by atoms with Gasteiger partial charge in [-0.3, -0.25) is 9.48 Å². The maximum Gasteiger partial charge on any atom is 0.256 e. The number of pyridine rings is 1. The predicted octanol–water partition coefficient (Wildman–Crippen LogP) is 3.83. The van der Waals surface area contributed by atoms with Gasteiger partial charge in [-0.1, -0.05) is 11.6 Å². The molecule has 3 heterocycles. The van der Waals surface area contributed by atoms with E-state index >= 15 is 0 Å². The molecule has 0 bridgehead atoms. The molecule has 3 aromatic rings. The lowest BCUT2D eigenvalue weighted by molar-refractivity contribution is 0.102. The number of halogens is 1. The minimum Gasteiger partial charge on any atom is -0.486 e. The van der Waals surface area contributed by atoms with Crippen molar-refractivity contribution in [1.29, 1.82) is 0 Å². The zero-order valence-corrected chi connectivity index (χ0v) is 16.3. The predicted molar refractivity (Wildman–Crippen MR) is 106 cm³/mol. The van der Waals surface area contributed by atoms with Crippen molar-refractivity contribution in [2.45, 2.75) is 25.7 Å². The third kappa shape index (κ3) is 2.86. The third-order valence-corrected chi connectivity index (χ3v) is 5.42. The highest BCUT2D eigenvalue weighted by molar-refractivity contribution is 6.34. The average molecular weight is 399 g/mol. The van der Waals surface area contributed by atoms with Crippen LogP contribution in [-0.2, 0) is 7.05 Å². The van der Waals surface area contributed by atoms with E-state index in [9.17, 15) is 4.79 Å². The molecule has 1 N–H and O–H groups in total. The Morgan fingerprint density at radius 1 is 1.21 bits per heavy atom. The Labute approximate surface area is 166 Å². The molecule has 2 aromatic heterocycles. The lowest BCUT2D eigenvalue weighted by Crippen LogP contribution is -2.17. The van der Waals surface area contributed by atoms with Gasteiger partial charge in [0.1, 0.15) is 13.2 Å². The lowest BCUT2D eigenvalue weighted by Gasteiger charge is -2.20. The standard InChI is InChI=1S/C20H19ClN4O3/c1-10-18-12(7-14(11-3-4-11)22-19(18)25(2)24-10)20(26)23-15-9-17-16(8-13(15)21)27-5-6-28-17/h7-9,11H,3-6H2,1-2H3,(H,23,26). The minimum absolute atomic E-state index is 0.246. The maximum absolute atomic E-state index is 13.2. The topological polar surface area (TPSA) is 78.3 Å². The molecular formula is C20H19ClN4O3. The Kier molecular flexibility index (Phi) is 3.94. The molecule has 0 spiro atoms. The normalized spacial score (nSPS) is 15.7. The van der Waals surface area contributed by atoms with Crippen molar-refractivity contribution in [2.24, 2.45) is 7.05 Å². The number of nitrogens with one attached hydrogen (secondary N) is 1. The number of hydrogen-bond donors (Lipinski definition) is 1. The summed E-state index contributed by atoms with van der Waals surface area (Å²) in [4.78, 5) is 17.9. The van der Waals surface area contributed by atoms with Crippen LogP contribution >= 0.6 is 11.6 Å². The molecule has 1 amide bonds. The van der Waals surface area contributed by atoms with Crippen LogP contribution in [0.2, 0.25) is 5.02 Å². The van der Waals surface area contributed by atoms with E-state index in [2.05, 4.69) is 10.4 Å². The van der Waals surface area contributed by atoms with Crippen molar-refractivity contribution in [2.75, 3.05) is 18.5 Å². The molecule has 5 rings (SSSR count). The quantitative estimate of drug-likeness (QED) is 0.725. The van der Waals surface area contributed by atoms with Gasteiger partial charge in [-0.05, 0) is 25.8 Å². The molecule has 0 unspecified atom stereocenters. The largest absolute Gasteiger partial charge is 0.486 e. The van der Waals surface area contributed by atoms with E-state index in [4.69, 9.17) is 26.1 Å². The first-order valence-corrected chi connectivity index (χ1v) is 9.64. The van der Waals surface area contributed by atoms with Crippen LogP contribution in [0.15, 0.2) is 18.2 Å². The zero-order valence-electron chi connectivity index (χ0n) is 15.6. The molecule has 1 fully saturated rings. The molecular weight excluding hydrogens is 380 g/mol. The lowest BCUT2D eigenvalue weighted by atomic mass is 10.1. The Morgan fingerprint density at radius 3 is 2.64 bits per heavy atom. The van der Waals surface area contributed by atoms with Gasteiger partial charge in [0.25, 0.3) is 5.91 Å². The van der Waals surface area contributed by atoms with Crippen molar-refractivity contribution < 1.29 is 14.3 Å². The van der Waals surface area contributed by atoms with Gasteiger partial charge in [0, 0.05) is 30.8 Å². The number of benzene rings is 1. The Bertz CT molecular complexity index is 1120. The second kappa shape index (κ2) is 6.38. The maximum atomic E-state index is 13.2. The molecule has 1 aliphatic heterocycles. The summed E-state index contributed by atoms with van der Waals surface area (Å²) in [5.41, 5.74) is 3.47. The van der Waals surface area contributed by atoms with Gasteiger partial charge in [0.15, 0.2) is 17.1 Å². The van der Waals surface area contributed by atoms with Crippen LogP contribution in [-0.4, -0.2) is 33.9 Å². The summed E-state index contributed by atoms with van der Waals surface area (Å²) in [7, 11) is 1.85. The summed E-state index contributed by atoms with van der Waals surface area (Å²) in [6.07, 6.45) is 2.20. The third-order valence-electron chi connectivity index (χ3n) is 5.11. The van der Waals surface area contributed by atoms with E-state index < -0.39 is 0 Å². The number of carbonyl (C=O) groups is 1. The number of rotatable bonds is 3. The summed E-state index contributed by atoms with van der Waals surface area (Å²) >= 11 is 6.36. The molecule has 0 saturated heterocycles. The number of anilines is 1. The Balaban J connectivity index is 1.56. The van der Waals surface area contributed by atoms with Crippen molar-refractivity contribution in [3.63, 3.8) is 0 Å². The molecule has 1 aliphatic carbocycles. The first-order chi connectivity index (χ1) is 13.5. The summed E-state index contributed by atoms with van der Waals surface area (Å²) in [5, 5.41) is 8.53. The number of aryl methyl sites for hydroxylation is 2. The number of amides is 1. The van der Waals surface area contributed by atoms with Crippen LogP contribution in [0.5, 0.6) is 11.5 Å². The number of ether oxygens (including phenoxy) is 2. The van der Waals surface area contributed by atoms with Crippen molar-refractivity contribution in [1.82, 2.24) is 14.8 Å². The summed E-state index contributed by atoms with van der Waals surface area (Å²) in [5.74, 6) is 1.33. The number of nitrogens with zero attached hydrogens (tertiary/aromatic N) is 3. The van der Waals surface area contributed by atoms with E-state index in [1.54, 1.807) is 16.8 Å². The van der Waals surface area contributed by atoms with Crippen LogP contribution in [0.4, 0.5) is 5.69 Å². The fraction of sp³-hybridized carbons (Fsp3) is 0.350. The van der Waals surface area contributed by atoms with Gasteiger partial charge >= 0.3 is 0 Å². The smallest absolute Gasteiger partial charge is 0.256 e. The first kappa shape index (κ1) is 17.3. The summed E-state index contributed by atoms with van der Waals surface area (Å²) in [6.45, 7) is 2.83. The van der Waals surface area contributed by atoms with E-state index in [0.29, 0.717) is 46.9 Å². The van der Waals surface area contributed by atoms with Crippen LogP contribution < -0.4 is 14.8 Å². The van der Waals surface area contributed by atoms with Crippen LogP contribution in [0.25, 0.3) is 11.0 Å². The highest BCUT2D eigenvalue weighted by Gasteiger charge is 2.29. The molecule has 2 aliphatic rings. The number of hydrogen-bond acceptors (Lipinski definition) is 5. The average Bonchev–Trinajstić information content (AvgIpc) is 3.48. The molecule has 8 heteroatoms. The van der Waals surface area contributed by atoms with Gasteiger partial charge in [-0.15, -0.1) is 0 Å². The zero-order chi connectivity index (χ0) is 19.4. The van der Waals surface area contributed by atoms with E-state index in [1.807, 2.05) is 20.0 Å². The van der Waals surface area contributed by atoms with Gasteiger partial charge in [0.2, 0.25) is 0 Å². The van der Waals surface area contributed by atoms with Crippen LogP contribution in [0.3, 0.4) is 0 Å². The number of carbonyl (C=O) groups excluding carboxylic acids is 1. The monoisotopic (exact) mass is 398 g/mol. The van der Waals surface area contributed by atoms with Gasteiger partial charge in [-0.2, -0.15) is 5.10 Å². The molecule has 0 atom stereocenters. The fourth-order valence-corrected chi connectivity index (χ4v) is 3.78. The molecule has 0 radical (unpaired) electrons. The molecule has 7 nitrogen and oxygen atoms in total. The number of aromatic nitrogens is 3. The van der Waals surface area contributed by atoms with Crippen LogP contribution in [0, 0.1) is 6.92 Å². The SMILES string of the molecule is Cc1nn(C)c2nc(C3CC3)cc(C(=O)Nc3cc4c(cc3Cl)OCCO4)c12. The van der Waals surface area contributed by atoms with Crippen molar-refractivity contribution in [3.8, 4) is 11.5 Å². The Morgan fingerprint density at radius 2 is 1.93 bits per heavy atom. The Hall–Kier alpha value is -2.80. The molecule has 1 aromatic carbocycles. The first-order valence-electron chi connectivity index (χ1n) is 9.26. The molecule has 144 valence electrons.